The number of hydrogen-bond acceptors (Lipinski definition) is 9. The molecule has 5 rings (SSSR count). The number of piperazine rings is 1. The second-order valence-electron chi connectivity index (χ2n) is 10.4. The van der Waals surface area contributed by atoms with Crippen LogP contribution in [0, 0.1) is 24.1 Å². The molecule has 2 aromatic carbocycles. The average Bonchev–Trinajstić information content (AvgIpc) is 3.50. The molecule has 4 aromatic rings. The number of carbonyl (C=O) groups excluding carboxylic acids is 2. The fourth-order valence-electron chi connectivity index (χ4n) is 4.92. The maximum atomic E-state index is 14.8. The van der Waals surface area contributed by atoms with Gasteiger partial charge in [0.2, 0.25) is 0 Å². The van der Waals surface area contributed by atoms with Gasteiger partial charge in [-0.3, -0.25) is 14.0 Å². The number of ether oxygens (including phenoxy) is 1. The topological polar surface area (TPSA) is 191 Å². The second-order valence-corrected chi connectivity index (χ2v) is 10.8. The van der Waals surface area contributed by atoms with E-state index in [1.165, 1.54) is 6.07 Å². The van der Waals surface area contributed by atoms with E-state index in [0.29, 0.717) is 66.7 Å². The van der Waals surface area contributed by atoms with Gasteiger partial charge in [-0.1, -0.05) is 11.6 Å². The lowest BCUT2D eigenvalue weighted by molar-refractivity contribution is -0.122. The number of amides is 3. The number of hydrogen-bond donors (Lipinski definition) is 4. The van der Waals surface area contributed by atoms with E-state index in [-0.39, 0.29) is 41.8 Å². The van der Waals surface area contributed by atoms with Crippen LogP contribution in [0.3, 0.4) is 0 Å². The normalized spacial score (nSPS) is 13.2. The largest absolute Gasteiger partial charge is 0.483 e. The van der Waals surface area contributed by atoms with Gasteiger partial charge in [-0.25, -0.2) is 19.2 Å². The smallest absolute Gasteiger partial charge is 0.317 e. The number of urea groups is 1. The maximum Gasteiger partial charge on any atom is 0.317 e. The average molecular weight is 666 g/mol. The molecule has 1 aliphatic heterocycles. The minimum Gasteiger partial charge on any atom is -0.483 e. The SMILES string of the molecule is Cc1cc(Nc2nccn3c(-c4ccc(OCC#N)c(F)c4Cl)cnc23)ccc1C(=O)N1CCN(C(=O)N[C@@H](C)CN)CC1.O=CO. The first-order chi connectivity index (χ1) is 22.6. The van der Waals surface area contributed by atoms with Gasteiger partial charge in [0.1, 0.15) is 6.07 Å². The van der Waals surface area contributed by atoms with Gasteiger partial charge in [-0.2, -0.15) is 5.26 Å². The van der Waals surface area contributed by atoms with Crippen molar-refractivity contribution in [2.75, 3.05) is 44.6 Å². The number of carbonyl (C=O) groups is 3. The number of fused-ring (bicyclic) bond motifs is 1. The number of anilines is 2. The molecule has 5 N–H and O–H groups in total. The Morgan fingerprint density at radius 2 is 1.91 bits per heavy atom. The molecule has 1 saturated heterocycles. The second kappa shape index (κ2) is 15.7. The van der Waals surface area contributed by atoms with E-state index in [2.05, 4.69) is 20.6 Å². The van der Waals surface area contributed by atoms with E-state index in [9.17, 15) is 14.0 Å². The van der Waals surface area contributed by atoms with E-state index in [1.807, 2.05) is 19.9 Å². The van der Waals surface area contributed by atoms with Crippen molar-refractivity contribution in [1.82, 2.24) is 29.5 Å². The van der Waals surface area contributed by atoms with Crippen molar-refractivity contribution in [3.8, 4) is 23.1 Å². The Kier molecular flexibility index (Phi) is 11.5. The molecular formula is C31H33ClFN9O5. The lowest BCUT2D eigenvalue weighted by Gasteiger charge is -2.35. The maximum absolute atomic E-state index is 14.8. The molecule has 0 spiro atoms. The molecule has 47 heavy (non-hydrogen) atoms. The summed E-state index contributed by atoms with van der Waals surface area (Å²) in [6.45, 7) is 5.24. The van der Waals surface area contributed by atoms with Crippen LogP contribution in [0.4, 0.5) is 20.7 Å². The number of nitrogens with zero attached hydrogens (tertiary/aromatic N) is 6. The predicted octanol–water partition coefficient (Wildman–Crippen LogP) is 3.66. The van der Waals surface area contributed by atoms with Crippen LogP contribution >= 0.6 is 11.6 Å². The molecule has 246 valence electrons. The number of nitrogens with two attached hydrogens (primary N) is 1. The van der Waals surface area contributed by atoms with Gasteiger partial charge in [0.05, 0.1) is 16.9 Å². The zero-order valence-corrected chi connectivity index (χ0v) is 26.4. The van der Waals surface area contributed by atoms with Gasteiger partial charge in [-0.15, -0.1) is 0 Å². The molecule has 0 radical (unpaired) electrons. The van der Waals surface area contributed by atoms with E-state index in [1.54, 1.807) is 57.1 Å². The molecule has 2 aromatic heterocycles. The van der Waals surface area contributed by atoms with Gasteiger partial charge in [0, 0.05) is 68.0 Å². The molecule has 0 unspecified atom stereocenters. The van der Waals surface area contributed by atoms with Gasteiger partial charge in [0.25, 0.3) is 12.4 Å². The first-order valence-electron chi connectivity index (χ1n) is 14.4. The molecular weight excluding hydrogens is 633 g/mol. The molecule has 1 fully saturated rings. The minimum atomic E-state index is -0.767. The molecule has 3 amide bonds. The third-order valence-corrected chi connectivity index (χ3v) is 7.71. The van der Waals surface area contributed by atoms with Crippen molar-refractivity contribution in [2.24, 2.45) is 5.73 Å². The van der Waals surface area contributed by atoms with Gasteiger partial charge < -0.3 is 36.0 Å². The lowest BCUT2D eigenvalue weighted by atomic mass is 10.1. The summed E-state index contributed by atoms with van der Waals surface area (Å²) in [6, 6.07) is 9.93. The third kappa shape index (κ3) is 7.86. The third-order valence-electron chi connectivity index (χ3n) is 7.34. The molecule has 1 atom stereocenters. The summed E-state index contributed by atoms with van der Waals surface area (Å²) in [5.74, 6) is -0.536. The monoisotopic (exact) mass is 665 g/mol. The summed E-state index contributed by atoms with van der Waals surface area (Å²) in [4.78, 5) is 46.4. The Hall–Kier alpha value is -5.46. The van der Waals surface area contributed by atoms with Crippen molar-refractivity contribution in [2.45, 2.75) is 19.9 Å². The summed E-state index contributed by atoms with van der Waals surface area (Å²) in [5, 5.41) is 21.6. The minimum absolute atomic E-state index is 0.101. The quantitative estimate of drug-likeness (QED) is 0.202. The number of aromatic nitrogens is 3. The van der Waals surface area contributed by atoms with Crippen molar-refractivity contribution >= 4 is 47.2 Å². The number of carboxylic acid groups (broad SMARTS) is 1. The highest BCUT2D eigenvalue weighted by Gasteiger charge is 2.26. The molecule has 0 saturated carbocycles. The van der Waals surface area contributed by atoms with Crippen molar-refractivity contribution in [3.05, 3.63) is 70.9 Å². The number of halogens is 2. The van der Waals surface area contributed by atoms with Crippen LogP contribution in [0.1, 0.15) is 22.8 Å². The van der Waals surface area contributed by atoms with Gasteiger partial charge in [0.15, 0.2) is 29.6 Å². The summed E-state index contributed by atoms with van der Waals surface area (Å²) in [6.07, 6.45) is 4.83. The standard InChI is InChI=1S/C30H31ClFN9O3.CH2O2/c1-18-15-20(3-4-21(18)29(42)39-10-12-40(13-11-39)30(43)37-19(2)16-34)38-27-28-36-17-23(41(28)9-8-35-27)22-5-6-24(44-14-7-33)26(32)25(22)31;2-1-3/h3-6,8-9,15,17,19H,10-14,16,34H2,1-2H3,(H,35,38)(H,37,43);1H,(H,2,3)/t19-;/m0./s1. The summed E-state index contributed by atoms with van der Waals surface area (Å²) >= 11 is 6.33. The first kappa shape index (κ1) is 34.4. The number of nitriles is 1. The van der Waals surface area contributed by atoms with E-state index >= 15 is 0 Å². The van der Waals surface area contributed by atoms with Gasteiger partial charge in [-0.05, 0) is 49.7 Å². The van der Waals surface area contributed by atoms with Crippen LogP contribution < -0.4 is 21.1 Å². The lowest BCUT2D eigenvalue weighted by Crippen LogP contribution is -2.55. The Balaban J connectivity index is 0.00000160. The highest BCUT2D eigenvalue weighted by molar-refractivity contribution is 6.33. The summed E-state index contributed by atoms with van der Waals surface area (Å²) < 4.78 is 21.7. The highest BCUT2D eigenvalue weighted by Crippen LogP contribution is 2.36. The first-order valence-corrected chi connectivity index (χ1v) is 14.8. The molecule has 0 bridgehead atoms. The Labute approximate surface area is 274 Å². The number of aryl methyl sites for hydroxylation is 1. The Morgan fingerprint density at radius 1 is 1.21 bits per heavy atom. The molecule has 3 heterocycles. The van der Waals surface area contributed by atoms with Crippen LogP contribution in [0.2, 0.25) is 5.02 Å². The van der Waals surface area contributed by atoms with Gasteiger partial charge >= 0.3 is 6.03 Å². The van der Waals surface area contributed by atoms with Crippen LogP contribution in [-0.4, -0.2) is 93.1 Å². The van der Waals surface area contributed by atoms with Crippen LogP contribution in [0.25, 0.3) is 16.9 Å². The zero-order chi connectivity index (χ0) is 34.1. The van der Waals surface area contributed by atoms with E-state index < -0.39 is 5.82 Å². The van der Waals surface area contributed by atoms with Crippen molar-refractivity contribution in [1.29, 1.82) is 5.26 Å². The Bertz CT molecular complexity index is 1800. The Morgan fingerprint density at radius 3 is 2.57 bits per heavy atom. The molecule has 0 aliphatic carbocycles. The van der Waals surface area contributed by atoms with E-state index in [4.69, 9.17) is 37.2 Å². The van der Waals surface area contributed by atoms with Crippen molar-refractivity contribution < 1.29 is 28.6 Å². The number of benzene rings is 2. The molecule has 14 nitrogen and oxygen atoms in total. The van der Waals surface area contributed by atoms with E-state index in [0.717, 1.165) is 5.56 Å². The summed E-state index contributed by atoms with van der Waals surface area (Å²) in [7, 11) is 0. The fraction of sp³-hybridized carbons (Fsp3) is 0.290. The van der Waals surface area contributed by atoms with Crippen molar-refractivity contribution in [3.63, 3.8) is 0 Å². The van der Waals surface area contributed by atoms with Crippen LogP contribution in [-0.2, 0) is 4.79 Å². The number of imidazole rings is 1. The number of rotatable bonds is 8. The molecule has 16 heteroatoms. The van der Waals surface area contributed by atoms with Crippen LogP contribution in [0.15, 0.2) is 48.9 Å². The van der Waals surface area contributed by atoms with Crippen LogP contribution in [0.5, 0.6) is 5.75 Å². The summed E-state index contributed by atoms with van der Waals surface area (Å²) in [5.41, 5.74) is 9.03. The number of nitrogens with one attached hydrogen (secondary N) is 2. The predicted molar refractivity (Wildman–Crippen MR) is 172 cm³/mol. The highest BCUT2D eigenvalue weighted by atomic mass is 35.5. The zero-order valence-electron chi connectivity index (χ0n) is 25.6. The molecule has 1 aliphatic rings. The fourth-order valence-corrected chi connectivity index (χ4v) is 5.17.